The van der Waals surface area contributed by atoms with Crippen molar-refractivity contribution in [2.75, 3.05) is 5.32 Å². The molecule has 1 atom stereocenters. The van der Waals surface area contributed by atoms with E-state index >= 15 is 0 Å². The second-order valence-corrected chi connectivity index (χ2v) is 9.44. The molecule has 1 unspecified atom stereocenters. The fourth-order valence-corrected chi connectivity index (χ4v) is 4.62. The van der Waals surface area contributed by atoms with Gasteiger partial charge in [0.1, 0.15) is 11.1 Å². The van der Waals surface area contributed by atoms with Gasteiger partial charge in [0.25, 0.3) is 0 Å². The molecule has 1 N–H and O–H groups in total. The van der Waals surface area contributed by atoms with E-state index in [0.29, 0.717) is 16.8 Å². The van der Waals surface area contributed by atoms with Crippen LogP contribution in [0.4, 0.5) is 5.69 Å². The standard InChI is InChI=1S/C23H25ClN4OS/c1-14(2)21-26-27-23(28(21)18-11-12-18)30-20(16-7-5-4-6-8-16)22(29)25-17-10-9-15(3)19(24)13-17/h4-10,13-14,18,20H,11-12H2,1-3H3,(H,25,29). The van der Waals surface area contributed by atoms with E-state index in [4.69, 9.17) is 11.6 Å². The number of aryl methyl sites for hydroxylation is 1. The largest absolute Gasteiger partial charge is 0.325 e. The minimum Gasteiger partial charge on any atom is -0.325 e. The molecule has 3 aromatic rings. The predicted octanol–water partition coefficient (Wildman–Crippen LogP) is 6.17. The van der Waals surface area contributed by atoms with E-state index in [9.17, 15) is 4.79 Å². The van der Waals surface area contributed by atoms with Gasteiger partial charge in [0.2, 0.25) is 5.91 Å². The summed E-state index contributed by atoms with van der Waals surface area (Å²) in [7, 11) is 0. The van der Waals surface area contributed by atoms with Crippen LogP contribution < -0.4 is 5.32 Å². The Balaban J connectivity index is 1.64. The second kappa shape index (κ2) is 8.82. The molecule has 1 fully saturated rings. The quantitative estimate of drug-likeness (QED) is 0.446. The zero-order valence-electron chi connectivity index (χ0n) is 17.3. The molecule has 1 amide bonds. The average Bonchev–Trinajstić information content (AvgIpc) is 3.48. The summed E-state index contributed by atoms with van der Waals surface area (Å²) in [5, 5.41) is 12.9. The molecule has 30 heavy (non-hydrogen) atoms. The minimum atomic E-state index is -0.451. The Morgan fingerprint density at radius 3 is 2.53 bits per heavy atom. The van der Waals surface area contributed by atoms with E-state index in [1.165, 1.54) is 11.8 Å². The van der Waals surface area contributed by atoms with Crippen LogP contribution in [0.3, 0.4) is 0 Å². The molecule has 0 aliphatic heterocycles. The van der Waals surface area contributed by atoms with Gasteiger partial charge in [-0.05, 0) is 43.0 Å². The molecular weight excluding hydrogens is 416 g/mol. The Kier molecular flexibility index (Phi) is 6.16. The van der Waals surface area contributed by atoms with Crippen molar-refractivity contribution in [3.63, 3.8) is 0 Å². The van der Waals surface area contributed by atoms with Crippen LogP contribution in [-0.4, -0.2) is 20.7 Å². The zero-order valence-corrected chi connectivity index (χ0v) is 18.9. The number of aromatic nitrogens is 3. The molecule has 0 bridgehead atoms. The molecule has 1 heterocycles. The highest BCUT2D eigenvalue weighted by Crippen LogP contribution is 2.43. The molecule has 5 nitrogen and oxygen atoms in total. The lowest BCUT2D eigenvalue weighted by Crippen LogP contribution is -2.19. The highest BCUT2D eigenvalue weighted by molar-refractivity contribution is 8.00. The van der Waals surface area contributed by atoms with Gasteiger partial charge in [-0.3, -0.25) is 4.79 Å². The average molecular weight is 441 g/mol. The number of benzene rings is 2. The van der Waals surface area contributed by atoms with Crippen LogP contribution in [0.25, 0.3) is 0 Å². The van der Waals surface area contributed by atoms with Crippen molar-refractivity contribution in [3.8, 4) is 0 Å². The van der Waals surface area contributed by atoms with E-state index in [1.807, 2.05) is 49.4 Å². The number of anilines is 1. The molecule has 1 aliphatic carbocycles. The van der Waals surface area contributed by atoms with Gasteiger partial charge in [-0.15, -0.1) is 10.2 Å². The lowest BCUT2D eigenvalue weighted by atomic mass is 10.1. The number of carbonyl (C=O) groups is 1. The van der Waals surface area contributed by atoms with Crippen LogP contribution in [0.15, 0.2) is 53.7 Å². The summed E-state index contributed by atoms with van der Waals surface area (Å²) >= 11 is 7.69. The van der Waals surface area contributed by atoms with Crippen molar-refractivity contribution in [2.45, 2.75) is 56.0 Å². The molecule has 0 spiro atoms. The Morgan fingerprint density at radius 1 is 1.17 bits per heavy atom. The predicted molar refractivity (Wildman–Crippen MR) is 122 cm³/mol. The lowest BCUT2D eigenvalue weighted by Gasteiger charge is -2.18. The molecule has 156 valence electrons. The van der Waals surface area contributed by atoms with E-state index < -0.39 is 5.25 Å². The van der Waals surface area contributed by atoms with Crippen molar-refractivity contribution in [1.82, 2.24) is 14.8 Å². The van der Waals surface area contributed by atoms with Crippen LogP contribution in [0.5, 0.6) is 0 Å². The van der Waals surface area contributed by atoms with E-state index in [1.54, 1.807) is 6.07 Å². The fourth-order valence-electron chi connectivity index (χ4n) is 3.32. The van der Waals surface area contributed by atoms with Gasteiger partial charge in [0.05, 0.1) is 0 Å². The molecule has 0 saturated heterocycles. The smallest absolute Gasteiger partial charge is 0.242 e. The van der Waals surface area contributed by atoms with E-state index in [-0.39, 0.29) is 11.8 Å². The molecule has 2 aromatic carbocycles. The van der Waals surface area contributed by atoms with Gasteiger partial charge in [-0.25, -0.2) is 0 Å². The summed E-state index contributed by atoms with van der Waals surface area (Å²) in [5.74, 6) is 1.16. The summed E-state index contributed by atoms with van der Waals surface area (Å²) in [4.78, 5) is 13.3. The number of amides is 1. The molecule has 7 heteroatoms. The van der Waals surface area contributed by atoms with Gasteiger partial charge >= 0.3 is 0 Å². The van der Waals surface area contributed by atoms with E-state index in [0.717, 1.165) is 34.9 Å². The topological polar surface area (TPSA) is 59.8 Å². The molecule has 1 saturated carbocycles. The monoisotopic (exact) mass is 440 g/mol. The van der Waals surface area contributed by atoms with Crippen molar-refractivity contribution in [2.24, 2.45) is 0 Å². The van der Waals surface area contributed by atoms with Crippen molar-refractivity contribution >= 4 is 35.0 Å². The normalized spacial score (nSPS) is 14.7. The fraction of sp³-hybridized carbons (Fsp3) is 0.348. The third kappa shape index (κ3) is 4.55. The van der Waals surface area contributed by atoms with Gasteiger partial charge < -0.3 is 9.88 Å². The summed E-state index contributed by atoms with van der Waals surface area (Å²) in [6, 6.07) is 15.8. The van der Waals surface area contributed by atoms with Gasteiger partial charge in [0, 0.05) is 22.7 Å². The van der Waals surface area contributed by atoms with Crippen LogP contribution >= 0.6 is 23.4 Å². The summed E-state index contributed by atoms with van der Waals surface area (Å²) in [6.45, 7) is 6.19. The first kappa shape index (κ1) is 20.9. The van der Waals surface area contributed by atoms with Gasteiger partial charge in [0.15, 0.2) is 5.16 Å². The lowest BCUT2D eigenvalue weighted by molar-refractivity contribution is -0.115. The van der Waals surface area contributed by atoms with Crippen LogP contribution in [-0.2, 0) is 4.79 Å². The maximum absolute atomic E-state index is 13.3. The Labute approximate surface area is 186 Å². The minimum absolute atomic E-state index is 0.109. The molecule has 4 rings (SSSR count). The van der Waals surface area contributed by atoms with Crippen molar-refractivity contribution in [3.05, 3.63) is 70.5 Å². The third-order valence-electron chi connectivity index (χ3n) is 5.12. The number of nitrogens with one attached hydrogen (secondary N) is 1. The maximum Gasteiger partial charge on any atom is 0.242 e. The molecule has 1 aromatic heterocycles. The van der Waals surface area contributed by atoms with Crippen molar-refractivity contribution < 1.29 is 4.79 Å². The van der Waals surface area contributed by atoms with Crippen molar-refractivity contribution in [1.29, 1.82) is 0 Å². The highest BCUT2D eigenvalue weighted by Gasteiger charge is 2.33. The number of carbonyl (C=O) groups excluding carboxylic acids is 1. The Hall–Kier alpha value is -2.31. The summed E-state index contributed by atoms with van der Waals surface area (Å²) in [5.41, 5.74) is 2.58. The first-order valence-corrected chi connectivity index (χ1v) is 11.4. The first-order valence-electron chi connectivity index (χ1n) is 10.2. The van der Waals surface area contributed by atoms with Gasteiger partial charge in [-0.2, -0.15) is 0 Å². The number of halogens is 1. The second-order valence-electron chi connectivity index (χ2n) is 7.96. The summed E-state index contributed by atoms with van der Waals surface area (Å²) in [6.07, 6.45) is 2.27. The number of hydrogen-bond donors (Lipinski definition) is 1. The molecular formula is C23H25ClN4OS. The maximum atomic E-state index is 13.3. The zero-order chi connectivity index (χ0) is 21.3. The number of nitrogens with zero attached hydrogens (tertiary/aromatic N) is 3. The molecule has 1 aliphatic rings. The first-order chi connectivity index (χ1) is 14.4. The molecule has 0 radical (unpaired) electrons. The SMILES string of the molecule is Cc1ccc(NC(=O)C(Sc2nnc(C(C)C)n2C2CC2)c2ccccc2)cc1Cl. The Morgan fingerprint density at radius 2 is 1.90 bits per heavy atom. The summed E-state index contributed by atoms with van der Waals surface area (Å²) < 4.78 is 2.22. The van der Waals surface area contributed by atoms with Gasteiger partial charge in [-0.1, -0.05) is 73.6 Å². The Bertz CT molecular complexity index is 1050. The third-order valence-corrected chi connectivity index (χ3v) is 6.74. The van der Waals surface area contributed by atoms with E-state index in [2.05, 4.69) is 33.9 Å². The number of rotatable bonds is 7. The number of thioether (sulfide) groups is 1. The van der Waals surface area contributed by atoms with Crippen LogP contribution in [0, 0.1) is 6.92 Å². The number of hydrogen-bond acceptors (Lipinski definition) is 4. The van der Waals surface area contributed by atoms with Crippen LogP contribution in [0.2, 0.25) is 5.02 Å². The van der Waals surface area contributed by atoms with Crippen LogP contribution in [0.1, 0.15) is 60.9 Å². The highest BCUT2D eigenvalue weighted by atomic mass is 35.5.